The number of halogens is 29. The predicted molar refractivity (Wildman–Crippen MR) is 70.9 cm³/mol. The highest BCUT2D eigenvalue weighted by atomic mass is 19.4. The van der Waals surface area contributed by atoms with E-state index in [0.29, 0.717) is 0 Å². The third-order valence-corrected chi connectivity index (χ3v) is 4.93. The lowest BCUT2D eigenvalue weighted by Crippen LogP contribution is -2.78. The summed E-state index contributed by atoms with van der Waals surface area (Å²) in [5.74, 6) is -113. The Labute approximate surface area is 212 Å². The Bertz CT molecular complexity index is 1010. The minimum Gasteiger partial charge on any atom is -0.192 e. The molecule has 29 heteroatoms. The average Bonchev–Trinajstić information content (AvgIpc) is 2.76. The predicted octanol–water partition coefficient (Wildman–Crippen LogP) is 9.60. The summed E-state index contributed by atoms with van der Waals surface area (Å²) in [6.07, 6.45) is -13.7. The van der Waals surface area contributed by atoms with Gasteiger partial charge in [-0.05, 0) is 0 Å². The van der Waals surface area contributed by atoms with Crippen molar-refractivity contribution in [2.75, 3.05) is 0 Å². The molecule has 0 aliphatic heterocycles. The molecule has 0 aromatic heterocycles. The van der Waals surface area contributed by atoms with Gasteiger partial charge in [-0.3, -0.25) is 0 Å². The summed E-state index contributed by atoms with van der Waals surface area (Å²) in [5, 5.41) is 0. The molecule has 0 saturated heterocycles. The molecular formula is C14F29. The maximum Gasteiger partial charge on any atom is 0.460 e. The quantitative estimate of drug-likeness (QED) is 0.177. The van der Waals surface area contributed by atoms with Crippen molar-refractivity contribution < 1.29 is 127 Å². The van der Waals surface area contributed by atoms with Crippen LogP contribution in [0.4, 0.5) is 127 Å². The van der Waals surface area contributed by atoms with Crippen molar-refractivity contribution in [2.45, 2.75) is 77.2 Å². The van der Waals surface area contributed by atoms with E-state index in [1.165, 1.54) is 0 Å². The summed E-state index contributed by atoms with van der Waals surface area (Å²) in [7, 11) is 0. The van der Waals surface area contributed by atoms with Gasteiger partial charge >= 0.3 is 83.7 Å². The van der Waals surface area contributed by atoms with Gasteiger partial charge in [0.1, 0.15) is 0 Å². The van der Waals surface area contributed by atoms with Crippen LogP contribution in [0.5, 0.6) is 0 Å². The third kappa shape index (κ3) is 4.60. The minimum atomic E-state index is -9.89. The van der Waals surface area contributed by atoms with Gasteiger partial charge < -0.3 is 0 Å². The average molecular weight is 719 g/mol. The molecule has 0 aromatic rings. The van der Waals surface area contributed by atoms with E-state index >= 15 is 0 Å². The fraction of sp³-hybridized carbons (Fsp3) is 0.929. The van der Waals surface area contributed by atoms with Crippen molar-refractivity contribution in [1.29, 1.82) is 0 Å². The molecule has 0 aliphatic carbocycles. The topological polar surface area (TPSA) is 0 Å². The zero-order chi connectivity index (χ0) is 36.1. The van der Waals surface area contributed by atoms with Crippen molar-refractivity contribution in [3.05, 3.63) is 6.43 Å². The maximum absolute atomic E-state index is 13.5. The molecule has 0 rings (SSSR count). The van der Waals surface area contributed by atoms with E-state index in [4.69, 9.17) is 0 Å². The first-order valence-corrected chi connectivity index (χ1v) is 8.73. The molecule has 0 spiro atoms. The van der Waals surface area contributed by atoms with E-state index in [1.807, 2.05) is 0 Å². The fourth-order valence-corrected chi connectivity index (χ4v) is 2.27. The molecule has 0 unspecified atom stereocenters. The number of hydrogen-bond acceptors (Lipinski definition) is 0. The Morgan fingerprint density at radius 1 is 0.209 bits per heavy atom. The molecule has 0 fully saturated rings. The van der Waals surface area contributed by atoms with Gasteiger partial charge in [-0.15, -0.1) is 0 Å². The zero-order valence-corrected chi connectivity index (χ0v) is 18.0. The van der Waals surface area contributed by atoms with Gasteiger partial charge in [0, 0.05) is 0 Å². The Kier molecular flexibility index (Phi) is 9.27. The van der Waals surface area contributed by atoms with Crippen LogP contribution >= 0.6 is 0 Å². The van der Waals surface area contributed by atoms with Crippen LogP contribution in [0.1, 0.15) is 0 Å². The summed E-state index contributed by atoms with van der Waals surface area (Å²) in [6.45, 7) is 0. The number of rotatable bonds is 12. The molecule has 0 heterocycles. The lowest BCUT2D eigenvalue weighted by molar-refractivity contribution is -0.485. The first-order chi connectivity index (χ1) is 17.9. The van der Waals surface area contributed by atoms with Crippen molar-refractivity contribution in [2.24, 2.45) is 0 Å². The van der Waals surface area contributed by atoms with Gasteiger partial charge in [0.15, 0.2) is 0 Å². The van der Waals surface area contributed by atoms with Crippen LogP contribution in [0.3, 0.4) is 0 Å². The first kappa shape index (κ1) is 41.0. The molecule has 1 radical (unpaired) electrons. The molecule has 0 atom stereocenters. The van der Waals surface area contributed by atoms with Gasteiger partial charge in [0.05, 0.1) is 0 Å². The lowest BCUT2D eigenvalue weighted by atomic mass is 9.84. The summed E-state index contributed by atoms with van der Waals surface area (Å²) < 4.78 is 376. The molecule has 0 saturated carbocycles. The summed E-state index contributed by atoms with van der Waals surface area (Å²) in [4.78, 5) is 0. The highest BCUT2D eigenvalue weighted by molar-refractivity contribution is 5.21. The van der Waals surface area contributed by atoms with Crippen LogP contribution in [0.15, 0.2) is 0 Å². The van der Waals surface area contributed by atoms with Gasteiger partial charge in [0.2, 0.25) is 0 Å². The first-order valence-electron chi connectivity index (χ1n) is 8.73. The van der Waals surface area contributed by atoms with Crippen LogP contribution < -0.4 is 0 Å². The maximum atomic E-state index is 13.5. The van der Waals surface area contributed by atoms with E-state index in [9.17, 15) is 127 Å². The molecule has 0 bridgehead atoms. The Balaban J connectivity index is 7.47. The Morgan fingerprint density at radius 3 is 0.488 bits per heavy atom. The summed E-state index contributed by atoms with van der Waals surface area (Å²) in [5.41, 5.74) is 0. The largest absolute Gasteiger partial charge is 0.460 e. The monoisotopic (exact) mass is 719 g/mol. The molecule has 0 aliphatic rings. The second-order valence-corrected chi connectivity index (χ2v) is 7.65. The van der Waals surface area contributed by atoms with E-state index < -0.39 is 83.7 Å². The molecule has 0 nitrogen and oxygen atoms in total. The highest BCUT2D eigenvalue weighted by Gasteiger charge is 3.00. The molecular weight excluding hydrogens is 719 g/mol. The van der Waals surface area contributed by atoms with Gasteiger partial charge in [-0.1, -0.05) is 0 Å². The molecule has 43 heavy (non-hydrogen) atoms. The second-order valence-electron chi connectivity index (χ2n) is 7.65. The number of alkyl halides is 27. The normalized spacial score (nSPS) is 17.2. The van der Waals surface area contributed by atoms with Crippen molar-refractivity contribution in [3.63, 3.8) is 0 Å². The summed E-state index contributed by atoms with van der Waals surface area (Å²) in [6, 6.07) is 0. The van der Waals surface area contributed by atoms with E-state index in [1.54, 1.807) is 0 Å². The van der Waals surface area contributed by atoms with Gasteiger partial charge in [0.25, 0.3) is 0 Å². The van der Waals surface area contributed by atoms with Crippen molar-refractivity contribution in [3.8, 4) is 0 Å². The van der Waals surface area contributed by atoms with Gasteiger partial charge in [-0.25, -0.2) is 0 Å². The third-order valence-electron chi connectivity index (χ3n) is 4.93. The number of hydrogen-bond donors (Lipinski definition) is 0. The Morgan fingerprint density at radius 2 is 0.349 bits per heavy atom. The van der Waals surface area contributed by atoms with Crippen molar-refractivity contribution in [1.82, 2.24) is 0 Å². The van der Waals surface area contributed by atoms with Crippen LogP contribution in [0.25, 0.3) is 0 Å². The zero-order valence-electron chi connectivity index (χ0n) is 18.0. The molecule has 259 valence electrons. The fourth-order valence-electron chi connectivity index (χ4n) is 2.27. The van der Waals surface area contributed by atoms with Gasteiger partial charge in [-0.2, -0.15) is 127 Å². The Hall–Kier alpha value is -2.03. The van der Waals surface area contributed by atoms with E-state index in [0.717, 1.165) is 0 Å². The molecule has 0 N–H and O–H groups in total. The summed E-state index contributed by atoms with van der Waals surface area (Å²) >= 11 is 0. The van der Waals surface area contributed by atoms with E-state index in [2.05, 4.69) is 0 Å². The van der Waals surface area contributed by atoms with Crippen molar-refractivity contribution >= 4 is 0 Å². The smallest absolute Gasteiger partial charge is 0.192 e. The SMILES string of the molecule is F[C](F)C(F)(F)C(F)(F)C(F)(F)C(F)(F)C(F)(F)C(F)(F)C(F)(F)C(F)(F)C(F)(F)C(F)(F)C(F)(F)C(F)(F)C(F)(F)F. The standard InChI is InChI=1S/C14F29/c15-1(16)2(17,18)3(19,20)4(21,22)5(23,24)6(25,26)7(27,28)8(29,30)9(31,32)10(33,34)11(35,36)12(37,38)13(39,40)14(41,42)43. The van der Waals surface area contributed by atoms with E-state index in [-0.39, 0.29) is 0 Å². The molecule has 0 aromatic carbocycles. The van der Waals surface area contributed by atoms with Crippen LogP contribution in [-0.2, 0) is 0 Å². The minimum absolute atomic E-state index is 5.47. The second kappa shape index (κ2) is 9.73. The lowest BCUT2D eigenvalue weighted by Gasteiger charge is -2.46. The highest BCUT2D eigenvalue weighted by Crippen LogP contribution is 2.68. The van der Waals surface area contributed by atoms with Crippen LogP contribution in [0.2, 0.25) is 0 Å². The molecule has 0 amide bonds. The van der Waals surface area contributed by atoms with Crippen LogP contribution in [-0.4, -0.2) is 77.2 Å². The van der Waals surface area contributed by atoms with Crippen LogP contribution in [0, 0.1) is 6.43 Å².